The average Bonchev–Trinajstić information content (AvgIpc) is 2.77. The molecule has 0 amide bonds. The smallest absolute Gasteiger partial charge is 0.191 e. The zero-order chi connectivity index (χ0) is 13.8. The standard InChI is InChI=1S/C14H19N3OS/c1-10(2)12-6-4-11(5-7-12)9-19-14-16-15-13(8-18)17(14)3/h4-7,10,18H,8-9H2,1-3H3. The number of aromatic nitrogens is 3. The van der Waals surface area contributed by atoms with E-state index in [-0.39, 0.29) is 6.61 Å². The quantitative estimate of drug-likeness (QED) is 0.854. The van der Waals surface area contributed by atoms with Crippen LogP contribution in [-0.4, -0.2) is 19.9 Å². The molecule has 0 saturated heterocycles. The molecular weight excluding hydrogens is 258 g/mol. The summed E-state index contributed by atoms with van der Waals surface area (Å²) in [4.78, 5) is 0. The van der Waals surface area contributed by atoms with E-state index in [1.165, 1.54) is 11.1 Å². The molecule has 0 fully saturated rings. The Morgan fingerprint density at radius 3 is 2.42 bits per heavy atom. The summed E-state index contributed by atoms with van der Waals surface area (Å²) in [7, 11) is 1.87. The average molecular weight is 277 g/mol. The molecule has 102 valence electrons. The molecule has 0 aliphatic heterocycles. The first kappa shape index (κ1) is 14.1. The van der Waals surface area contributed by atoms with Crippen LogP contribution >= 0.6 is 11.8 Å². The first-order valence-corrected chi connectivity index (χ1v) is 7.31. The van der Waals surface area contributed by atoms with Crippen LogP contribution in [0.25, 0.3) is 0 Å². The molecule has 1 aromatic carbocycles. The summed E-state index contributed by atoms with van der Waals surface area (Å²) in [6, 6.07) is 8.67. The molecule has 0 saturated carbocycles. The van der Waals surface area contributed by atoms with Gasteiger partial charge in [-0.15, -0.1) is 10.2 Å². The van der Waals surface area contributed by atoms with Crippen LogP contribution in [0, 0.1) is 0 Å². The molecule has 1 heterocycles. The Kier molecular flexibility index (Phi) is 4.61. The van der Waals surface area contributed by atoms with Gasteiger partial charge >= 0.3 is 0 Å². The molecule has 2 aromatic rings. The summed E-state index contributed by atoms with van der Waals surface area (Å²) in [6.45, 7) is 4.31. The Hall–Kier alpha value is -1.33. The third kappa shape index (κ3) is 3.36. The summed E-state index contributed by atoms with van der Waals surface area (Å²) in [5.74, 6) is 2.01. The topological polar surface area (TPSA) is 50.9 Å². The molecule has 0 aliphatic rings. The molecule has 2 rings (SSSR count). The molecule has 5 heteroatoms. The molecule has 0 spiro atoms. The van der Waals surface area contributed by atoms with Gasteiger partial charge in [0.1, 0.15) is 6.61 Å². The van der Waals surface area contributed by atoms with Crippen molar-refractivity contribution in [3.63, 3.8) is 0 Å². The highest BCUT2D eigenvalue weighted by Gasteiger charge is 2.08. The molecule has 0 atom stereocenters. The van der Waals surface area contributed by atoms with Gasteiger partial charge in [0.15, 0.2) is 11.0 Å². The SMILES string of the molecule is CC(C)c1ccc(CSc2nnc(CO)n2C)cc1. The van der Waals surface area contributed by atoms with Crippen LogP contribution in [-0.2, 0) is 19.4 Å². The lowest BCUT2D eigenvalue weighted by atomic mass is 10.0. The van der Waals surface area contributed by atoms with E-state index in [0.717, 1.165) is 10.9 Å². The van der Waals surface area contributed by atoms with Crippen molar-refractivity contribution in [1.82, 2.24) is 14.8 Å². The fourth-order valence-electron chi connectivity index (χ4n) is 1.76. The summed E-state index contributed by atoms with van der Waals surface area (Å²) in [6.07, 6.45) is 0. The summed E-state index contributed by atoms with van der Waals surface area (Å²) >= 11 is 1.63. The maximum atomic E-state index is 9.07. The van der Waals surface area contributed by atoms with Crippen LogP contribution < -0.4 is 0 Å². The Morgan fingerprint density at radius 2 is 1.89 bits per heavy atom. The number of hydrogen-bond acceptors (Lipinski definition) is 4. The van der Waals surface area contributed by atoms with Gasteiger partial charge in [0.25, 0.3) is 0 Å². The molecular formula is C14H19N3OS. The van der Waals surface area contributed by atoms with E-state index in [1.54, 1.807) is 11.8 Å². The van der Waals surface area contributed by atoms with E-state index in [9.17, 15) is 0 Å². The van der Waals surface area contributed by atoms with Crippen molar-refractivity contribution in [2.75, 3.05) is 0 Å². The number of hydrogen-bond donors (Lipinski definition) is 1. The first-order valence-electron chi connectivity index (χ1n) is 6.32. The van der Waals surface area contributed by atoms with Gasteiger partial charge in [0.2, 0.25) is 0 Å². The number of thioether (sulfide) groups is 1. The molecule has 0 bridgehead atoms. The maximum Gasteiger partial charge on any atom is 0.191 e. The van der Waals surface area contributed by atoms with Crippen LogP contribution in [0.2, 0.25) is 0 Å². The highest BCUT2D eigenvalue weighted by molar-refractivity contribution is 7.98. The zero-order valence-electron chi connectivity index (χ0n) is 11.5. The number of benzene rings is 1. The third-order valence-corrected chi connectivity index (χ3v) is 4.17. The number of aliphatic hydroxyl groups is 1. The van der Waals surface area contributed by atoms with Crippen LogP contribution in [0.4, 0.5) is 0 Å². The van der Waals surface area contributed by atoms with Gasteiger partial charge < -0.3 is 9.67 Å². The van der Waals surface area contributed by atoms with Gasteiger partial charge in [-0.1, -0.05) is 49.9 Å². The lowest BCUT2D eigenvalue weighted by Gasteiger charge is -2.06. The van der Waals surface area contributed by atoms with Gasteiger partial charge in [0, 0.05) is 12.8 Å². The molecule has 0 aliphatic carbocycles. The fraction of sp³-hybridized carbons (Fsp3) is 0.429. The van der Waals surface area contributed by atoms with Crippen molar-refractivity contribution < 1.29 is 5.11 Å². The van der Waals surface area contributed by atoms with Crippen molar-refractivity contribution in [3.05, 3.63) is 41.2 Å². The minimum absolute atomic E-state index is 0.0762. The number of rotatable bonds is 5. The van der Waals surface area contributed by atoms with Crippen LogP contribution in [0.15, 0.2) is 29.4 Å². The Bertz CT molecular complexity index is 534. The van der Waals surface area contributed by atoms with Gasteiger partial charge in [-0.2, -0.15) is 0 Å². The van der Waals surface area contributed by atoms with Gasteiger partial charge in [-0.05, 0) is 17.0 Å². The van der Waals surface area contributed by atoms with Gasteiger partial charge in [-0.25, -0.2) is 0 Å². The van der Waals surface area contributed by atoms with Crippen molar-refractivity contribution in [3.8, 4) is 0 Å². The third-order valence-electron chi connectivity index (χ3n) is 3.08. The molecule has 1 aromatic heterocycles. The lowest BCUT2D eigenvalue weighted by molar-refractivity contribution is 0.266. The predicted molar refractivity (Wildman–Crippen MR) is 77.0 cm³/mol. The second kappa shape index (κ2) is 6.21. The fourth-order valence-corrected chi connectivity index (χ4v) is 2.64. The van der Waals surface area contributed by atoms with Crippen molar-refractivity contribution in [2.24, 2.45) is 7.05 Å². The Morgan fingerprint density at radius 1 is 1.21 bits per heavy atom. The van der Waals surface area contributed by atoms with E-state index in [1.807, 2.05) is 11.6 Å². The molecule has 19 heavy (non-hydrogen) atoms. The number of aliphatic hydroxyl groups excluding tert-OH is 1. The highest BCUT2D eigenvalue weighted by atomic mass is 32.2. The van der Waals surface area contributed by atoms with Crippen LogP contribution in [0.1, 0.15) is 36.7 Å². The van der Waals surface area contributed by atoms with Gasteiger partial charge in [0.05, 0.1) is 0 Å². The lowest BCUT2D eigenvalue weighted by Crippen LogP contribution is -1.98. The molecule has 4 nitrogen and oxygen atoms in total. The van der Waals surface area contributed by atoms with Gasteiger partial charge in [-0.3, -0.25) is 0 Å². The van der Waals surface area contributed by atoms with Crippen molar-refractivity contribution in [1.29, 1.82) is 0 Å². The van der Waals surface area contributed by atoms with E-state index < -0.39 is 0 Å². The van der Waals surface area contributed by atoms with E-state index >= 15 is 0 Å². The second-order valence-electron chi connectivity index (χ2n) is 4.80. The minimum atomic E-state index is -0.0762. The summed E-state index contributed by atoms with van der Waals surface area (Å²) in [5, 5.41) is 17.9. The van der Waals surface area contributed by atoms with Crippen molar-refractivity contribution >= 4 is 11.8 Å². The highest BCUT2D eigenvalue weighted by Crippen LogP contribution is 2.22. The predicted octanol–water partition coefficient (Wildman–Crippen LogP) is 2.72. The molecule has 0 radical (unpaired) electrons. The molecule has 0 unspecified atom stereocenters. The van der Waals surface area contributed by atoms with E-state index in [2.05, 4.69) is 48.3 Å². The second-order valence-corrected chi connectivity index (χ2v) is 5.74. The molecule has 1 N–H and O–H groups in total. The zero-order valence-corrected chi connectivity index (χ0v) is 12.3. The Balaban J connectivity index is 2.00. The summed E-state index contributed by atoms with van der Waals surface area (Å²) < 4.78 is 1.83. The number of nitrogens with zero attached hydrogens (tertiary/aromatic N) is 3. The van der Waals surface area contributed by atoms with E-state index in [0.29, 0.717) is 11.7 Å². The maximum absolute atomic E-state index is 9.07. The largest absolute Gasteiger partial charge is 0.388 e. The van der Waals surface area contributed by atoms with Crippen molar-refractivity contribution in [2.45, 2.75) is 37.3 Å². The monoisotopic (exact) mass is 277 g/mol. The van der Waals surface area contributed by atoms with Crippen LogP contribution in [0.3, 0.4) is 0 Å². The first-order chi connectivity index (χ1) is 9.11. The minimum Gasteiger partial charge on any atom is -0.388 e. The Labute approximate surface area is 117 Å². The normalized spacial score (nSPS) is 11.2. The van der Waals surface area contributed by atoms with E-state index in [4.69, 9.17) is 5.11 Å². The summed E-state index contributed by atoms with van der Waals surface area (Å²) in [5.41, 5.74) is 2.62. The van der Waals surface area contributed by atoms with Crippen LogP contribution in [0.5, 0.6) is 0 Å².